The van der Waals surface area contributed by atoms with Crippen molar-refractivity contribution < 1.29 is 9.15 Å². The van der Waals surface area contributed by atoms with Gasteiger partial charge in [-0.05, 0) is 26.3 Å². The lowest BCUT2D eigenvalue weighted by molar-refractivity contribution is 0.128. The molecule has 0 amide bonds. The molecular weight excluding hydrogens is 286 g/mol. The maximum Gasteiger partial charge on any atom is 0.157 e. The van der Waals surface area contributed by atoms with Gasteiger partial charge >= 0.3 is 0 Å². The molecule has 0 radical (unpaired) electrons. The first-order valence-corrected chi connectivity index (χ1v) is 7.96. The van der Waals surface area contributed by atoms with Crippen molar-refractivity contribution in [2.75, 3.05) is 18.5 Å². The van der Waals surface area contributed by atoms with E-state index in [4.69, 9.17) is 9.15 Å². The third kappa shape index (κ3) is 4.75. The van der Waals surface area contributed by atoms with Gasteiger partial charge in [0.1, 0.15) is 23.2 Å². The van der Waals surface area contributed by atoms with Crippen molar-refractivity contribution >= 4 is 17.6 Å². The second-order valence-corrected chi connectivity index (χ2v) is 5.58. The molecule has 2 heterocycles. The fourth-order valence-electron chi connectivity index (χ4n) is 1.72. The number of rotatable bonds is 8. The van der Waals surface area contributed by atoms with Gasteiger partial charge in [-0.15, -0.1) is 0 Å². The number of aromatic nitrogens is 2. The van der Waals surface area contributed by atoms with E-state index in [2.05, 4.69) is 22.2 Å². The Bertz CT molecular complexity index is 546. The number of nitrogens with one attached hydrogen (secondary N) is 1. The Balaban J connectivity index is 2.19. The average Bonchev–Trinajstić information content (AvgIpc) is 2.88. The summed E-state index contributed by atoms with van der Waals surface area (Å²) in [6.45, 7) is 8.00. The van der Waals surface area contributed by atoms with Gasteiger partial charge < -0.3 is 14.5 Å². The zero-order valence-electron chi connectivity index (χ0n) is 12.7. The van der Waals surface area contributed by atoms with Gasteiger partial charge in [0.2, 0.25) is 0 Å². The number of furan rings is 1. The molecule has 0 aliphatic carbocycles. The van der Waals surface area contributed by atoms with E-state index in [9.17, 15) is 0 Å². The Labute approximate surface area is 129 Å². The molecule has 0 bridgehead atoms. The van der Waals surface area contributed by atoms with E-state index >= 15 is 0 Å². The van der Waals surface area contributed by atoms with E-state index in [1.807, 2.05) is 26.0 Å². The lowest BCUT2D eigenvalue weighted by Crippen LogP contribution is -2.07. The summed E-state index contributed by atoms with van der Waals surface area (Å²) in [6, 6.07) is 3.91. The molecule has 0 aliphatic rings. The highest BCUT2D eigenvalue weighted by molar-refractivity contribution is 7.99. The van der Waals surface area contributed by atoms with Crippen LogP contribution in [0.25, 0.3) is 0 Å². The van der Waals surface area contributed by atoms with Crippen LogP contribution in [-0.4, -0.2) is 23.1 Å². The first-order chi connectivity index (χ1) is 10.2. The molecule has 6 heteroatoms. The van der Waals surface area contributed by atoms with E-state index in [0.29, 0.717) is 19.0 Å². The fourth-order valence-corrected chi connectivity index (χ4v) is 2.58. The van der Waals surface area contributed by atoms with Crippen molar-refractivity contribution in [3.63, 3.8) is 0 Å². The van der Waals surface area contributed by atoms with Crippen LogP contribution in [0.2, 0.25) is 0 Å². The van der Waals surface area contributed by atoms with Gasteiger partial charge in [-0.3, -0.25) is 0 Å². The molecule has 2 aromatic rings. The third-order valence-corrected chi connectivity index (χ3v) is 3.83. The minimum atomic E-state index is 0.427. The number of hydrogen-bond acceptors (Lipinski definition) is 6. The third-order valence-electron chi connectivity index (χ3n) is 2.77. The molecule has 0 aliphatic heterocycles. The largest absolute Gasteiger partial charge is 0.468 e. The highest BCUT2D eigenvalue weighted by Gasteiger charge is 2.09. The van der Waals surface area contributed by atoms with E-state index in [-0.39, 0.29) is 0 Å². The Hall–Kier alpha value is -1.53. The van der Waals surface area contributed by atoms with Gasteiger partial charge in [0.05, 0.1) is 11.2 Å². The van der Waals surface area contributed by atoms with Crippen molar-refractivity contribution in [3.8, 4) is 0 Å². The Morgan fingerprint density at radius 2 is 2.19 bits per heavy atom. The molecule has 0 unspecified atom stereocenters. The second kappa shape index (κ2) is 8.05. The van der Waals surface area contributed by atoms with Crippen LogP contribution >= 0.6 is 11.8 Å². The fraction of sp³-hybridized carbons (Fsp3) is 0.467. The normalized spacial score (nSPS) is 10.8. The molecule has 2 rings (SSSR count). The maximum atomic E-state index is 5.41. The van der Waals surface area contributed by atoms with Crippen molar-refractivity contribution in [2.45, 2.75) is 43.7 Å². The van der Waals surface area contributed by atoms with Gasteiger partial charge in [-0.25, -0.2) is 9.97 Å². The number of hydrogen-bond donors (Lipinski definition) is 1. The summed E-state index contributed by atoms with van der Waals surface area (Å²) in [5, 5.41) is 4.19. The summed E-state index contributed by atoms with van der Waals surface area (Å²) in [5.74, 6) is 2.43. The average molecular weight is 307 g/mol. The van der Waals surface area contributed by atoms with E-state index < -0.39 is 0 Å². The van der Waals surface area contributed by atoms with Crippen LogP contribution in [0.5, 0.6) is 0 Å². The van der Waals surface area contributed by atoms with E-state index in [0.717, 1.165) is 34.5 Å². The predicted molar refractivity (Wildman–Crippen MR) is 83.7 cm³/mol. The highest BCUT2D eigenvalue weighted by atomic mass is 32.2. The summed E-state index contributed by atoms with van der Waals surface area (Å²) in [4.78, 5) is 10.1. The molecule has 21 heavy (non-hydrogen) atoms. The summed E-state index contributed by atoms with van der Waals surface area (Å²) in [5.41, 5.74) is 0. The van der Waals surface area contributed by atoms with Crippen LogP contribution in [0, 0.1) is 6.92 Å². The molecule has 0 fully saturated rings. The number of ether oxygens (including phenoxy) is 1. The lowest BCUT2D eigenvalue weighted by atomic mass is 10.4. The molecule has 1 N–H and O–H groups in total. The molecule has 0 spiro atoms. The first-order valence-electron chi connectivity index (χ1n) is 7.14. The smallest absolute Gasteiger partial charge is 0.157 e. The summed E-state index contributed by atoms with van der Waals surface area (Å²) in [6.07, 6.45) is 2.74. The minimum absolute atomic E-state index is 0.427. The minimum Gasteiger partial charge on any atom is -0.468 e. The van der Waals surface area contributed by atoms with E-state index in [1.165, 1.54) is 0 Å². The second-order valence-electron chi connectivity index (χ2n) is 4.51. The summed E-state index contributed by atoms with van der Waals surface area (Å²) >= 11 is 1.58. The monoisotopic (exact) mass is 307 g/mol. The van der Waals surface area contributed by atoms with Crippen molar-refractivity contribution in [3.05, 3.63) is 30.0 Å². The molecule has 114 valence electrons. The highest BCUT2D eigenvalue weighted by Crippen LogP contribution is 2.30. The van der Waals surface area contributed by atoms with Gasteiger partial charge in [0.25, 0.3) is 0 Å². The zero-order chi connectivity index (χ0) is 15.1. The van der Waals surface area contributed by atoms with Gasteiger partial charge in [0, 0.05) is 19.2 Å². The number of anilines is 1. The SMILES string of the molecule is CCCNc1cc(Sc2ccoc2C)nc(COCC)n1. The van der Waals surface area contributed by atoms with Crippen LogP contribution in [0.4, 0.5) is 5.82 Å². The molecule has 2 aromatic heterocycles. The molecule has 0 atom stereocenters. The summed E-state index contributed by atoms with van der Waals surface area (Å²) in [7, 11) is 0. The quantitative estimate of drug-likeness (QED) is 0.747. The van der Waals surface area contributed by atoms with Crippen LogP contribution in [0.3, 0.4) is 0 Å². The Morgan fingerprint density at radius 3 is 2.86 bits per heavy atom. The Kier molecular flexibility index (Phi) is 6.07. The van der Waals surface area contributed by atoms with Crippen LogP contribution in [-0.2, 0) is 11.3 Å². The number of aryl methyl sites for hydroxylation is 1. The molecule has 0 saturated carbocycles. The van der Waals surface area contributed by atoms with Crippen molar-refractivity contribution in [1.29, 1.82) is 0 Å². The number of nitrogens with zero attached hydrogens (tertiary/aromatic N) is 2. The first kappa shape index (κ1) is 15.9. The predicted octanol–water partition coefficient (Wildman–Crippen LogP) is 3.89. The van der Waals surface area contributed by atoms with Crippen LogP contribution < -0.4 is 5.32 Å². The van der Waals surface area contributed by atoms with Crippen molar-refractivity contribution in [1.82, 2.24) is 9.97 Å². The molecule has 0 aromatic carbocycles. The van der Waals surface area contributed by atoms with E-state index in [1.54, 1.807) is 18.0 Å². The van der Waals surface area contributed by atoms with Gasteiger partial charge in [-0.2, -0.15) is 0 Å². The molecule has 0 saturated heterocycles. The standard InChI is InChI=1S/C15H21N3O2S/c1-4-7-16-13-9-15(18-14(17-13)10-19-5-2)21-12-6-8-20-11(12)3/h6,8-9H,4-5,7,10H2,1-3H3,(H,16,17,18). The topological polar surface area (TPSA) is 60.2 Å². The molecular formula is C15H21N3O2S. The Morgan fingerprint density at radius 1 is 1.33 bits per heavy atom. The van der Waals surface area contributed by atoms with Crippen molar-refractivity contribution in [2.24, 2.45) is 0 Å². The summed E-state index contributed by atoms with van der Waals surface area (Å²) < 4.78 is 10.7. The zero-order valence-corrected chi connectivity index (χ0v) is 13.5. The molecule has 5 nitrogen and oxygen atoms in total. The maximum absolute atomic E-state index is 5.41. The van der Waals surface area contributed by atoms with Crippen LogP contribution in [0.1, 0.15) is 31.9 Å². The lowest BCUT2D eigenvalue weighted by Gasteiger charge is -2.09. The van der Waals surface area contributed by atoms with Gasteiger partial charge in [0.15, 0.2) is 5.82 Å². The van der Waals surface area contributed by atoms with Crippen LogP contribution in [0.15, 0.2) is 32.7 Å². The van der Waals surface area contributed by atoms with Gasteiger partial charge in [-0.1, -0.05) is 18.7 Å².